The zero-order valence-electron chi connectivity index (χ0n) is 57.9. The van der Waals surface area contributed by atoms with E-state index in [1.165, 1.54) is 144 Å². The number of anilines is 8. The highest BCUT2D eigenvalue weighted by Gasteiger charge is 2.25. The molecule has 0 saturated heterocycles. The molecule has 580 valence electrons. The van der Waals surface area contributed by atoms with Crippen LogP contribution in [0, 0.1) is 42.0 Å². The first kappa shape index (κ1) is 84.4. The number of fused-ring (bicyclic) bond motifs is 4. The molecule has 8 heterocycles. The second kappa shape index (κ2) is 36.5. The maximum Gasteiger partial charge on any atom is 0.289 e. The lowest BCUT2D eigenvalue weighted by Crippen LogP contribution is -2.31. The Morgan fingerprint density at radius 2 is 0.609 bits per heavy atom. The van der Waals surface area contributed by atoms with Crippen molar-refractivity contribution in [2.45, 2.75) is 50.6 Å². The second-order valence-corrected chi connectivity index (χ2v) is 28.8. The Hall–Kier alpha value is -9.60. The van der Waals surface area contributed by atoms with Gasteiger partial charge < -0.3 is 98.7 Å². The molecule has 0 aliphatic heterocycles. The van der Waals surface area contributed by atoms with Gasteiger partial charge in [-0.1, -0.05) is 31.9 Å². The van der Waals surface area contributed by atoms with Crippen molar-refractivity contribution >= 4 is 166 Å². The van der Waals surface area contributed by atoms with Crippen LogP contribution in [0.25, 0.3) is 43.6 Å². The molecule has 0 spiro atoms. The van der Waals surface area contributed by atoms with Gasteiger partial charge >= 0.3 is 0 Å². The molecule has 12 aromatic rings. The van der Waals surface area contributed by atoms with Gasteiger partial charge in [0.05, 0.1) is 166 Å². The number of nitrogens with zero attached hydrogens (tertiary/aromatic N) is 8. The molecule has 0 aliphatic carbocycles. The fourth-order valence-corrected chi connectivity index (χ4v) is 12.8. The van der Waals surface area contributed by atoms with Gasteiger partial charge in [0.2, 0.25) is 11.6 Å². The molecule has 4 aromatic carbocycles. The van der Waals surface area contributed by atoms with Crippen molar-refractivity contribution in [3.8, 4) is 0 Å². The fraction of sp³-hybridized carbons (Fsp3) is 0.222. The van der Waals surface area contributed by atoms with Crippen molar-refractivity contribution in [1.29, 1.82) is 0 Å². The molecule has 0 radical (unpaired) electrons. The Morgan fingerprint density at radius 3 is 0.891 bits per heavy atom. The van der Waals surface area contributed by atoms with Gasteiger partial charge in [-0.15, -0.1) is 0 Å². The summed E-state index contributed by atoms with van der Waals surface area (Å²) < 4.78 is 98.0. The van der Waals surface area contributed by atoms with Gasteiger partial charge in [0.15, 0.2) is 0 Å². The van der Waals surface area contributed by atoms with Crippen molar-refractivity contribution < 1.29 is 67.2 Å². The lowest BCUT2D eigenvalue weighted by Gasteiger charge is -2.16. The lowest BCUT2D eigenvalue weighted by molar-refractivity contribution is 0.0804. The van der Waals surface area contributed by atoms with Crippen molar-refractivity contribution in [3.05, 3.63) is 268 Å². The minimum absolute atomic E-state index is 0.0981. The maximum absolute atomic E-state index is 14.8. The highest BCUT2D eigenvalue weighted by atomic mass is 127. The number of pyridine rings is 8. The monoisotopic (exact) mass is 1880 g/mol. The highest BCUT2D eigenvalue weighted by molar-refractivity contribution is 14.1. The molecular formula is C72H66Br2F6I2N12O16. The molecule has 12 rings (SSSR count). The van der Waals surface area contributed by atoms with Gasteiger partial charge in [0.1, 0.15) is 23.3 Å². The Bertz CT molecular complexity index is 5700. The van der Waals surface area contributed by atoms with Crippen molar-refractivity contribution in [3.63, 3.8) is 0 Å². The number of aliphatic hydroxyl groups excluding tert-OH is 8. The number of nitrogens with one attached hydrogen (secondary N) is 4. The molecule has 0 amide bonds. The lowest BCUT2D eigenvalue weighted by atomic mass is 10.2. The first-order valence-electron chi connectivity index (χ1n) is 32.5. The van der Waals surface area contributed by atoms with E-state index >= 15 is 0 Å². The van der Waals surface area contributed by atoms with E-state index < -0.39 is 130 Å². The summed E-state index contributed by atoms with van der Waals surface area (Å²) >= 11 is 10.2. The number of aromatic nitrogens is 8. The van der Waals surface area contributed by atoms with E-state index in [0.717, 1.165) is 18.3 Å². The Labute approximate surface area is 659 Å². The van der Waals surface area contributed by atoms with E-state index in [4.69, 9.17) is 20.4 Å². The Balaban J connectivity index is 0.000000169. The summed E-state index contributed by atoms with van der Waals surface area (Å²) in [5.74, 6) is -4.91. The van der Waals surface area contributed by atoms with Crippen LogP contribution < -0.4 is 65.7 Å². The smallest absolute Gasteiger partial charge is 0.289 e. The average Bonchev–Trinajstić information content (AvgIpc) is 0.758. The number of rotatable bonds is 20. The molecule has 110 heavy (non-hydrogen) atoms. The van der Waals surface area contributed by atoms with Crippen molar-refractivity contribution in [2.75, 3.05) is 47.7 Å². The zero-order valence-corrected chi connectivity index (χ0v) is 65.4. The van der Waals surface area contributed by atoms with Crippen molar-refractivity contribution in [1.82, 2.24) is 36.5 Å². The van der Waals surface area contributed by atoms with Crippen molar-refractivity contribution in [2.24, 2.45) is 28.2 Å². The molecule has 38 heteroatoms. The predicted octanol–water partition coefficient (Wildman–Crippen LogP) is 6.76. The molecule has 0 saturated carbocycles. The third-order valence-electron chi connectivity index (χ3n) is 16.9. The van der Waals surface area contributed by atoms with Gasteiger partial charge in [0, 0.05) is 81.2 Å². The summed E-state index contributed by atoms with van der Waals surface area (Å²) in [7, 11) is 5.69. The van der Waals surface area contributed by atoms with E-state index in [-0.39, 0.29) is 104 Å². The molecule has 4 atom stereocenters. The van der Waals surface area contributed by atoms with Crippen LogP contribution in [0.5, 0.6) is 0 Å². The summed E-state index contributed by atoms with van der Waals surface area (Å²) in [5.41, 5.74) is -4.59. The molecule has 0 aliphatic rings. The average molecular weight is 1880 g/mol. The maximum atomic E-state index is 14.8. The van der Waals surface area contributed by atoms with Crippen LogP contribution in [0.4, 0.5) is 71.8 Å². The summed E-state index contributed by atoms with van der Waals surface area (Å²) in [6.07, 6.45) is 0.933. The summed E-state index contributed by atoms with van der Waals surface area (Å²) in [4.78, 5) is 101. The zero-order chi connectivity index (χ0) is 80.6. The minimum atomic E-state index is -1.23. The van der Waals surface area contributed by atoms with Crippen LogP contribution in [0.1, 0.15) is 0 Å². The van der Waals surface area contributed by atoms with Gasteiger partial charge in [-0.3, -0.25) is 38.4 Å². The molecule has 8 aromatic heterocycles. The molecule has 12 N–H and O–H groups in total. The third-order valence-corrected chi connectivity index (χ3v) is 19.3. The molecular weight excluding hydrogens is 1820 g/mol. The first-order chi connectivity index (χ1) is 52.1. The predicted molar refractivity (Wildman–Crippen MR) is 426 cm³/mol. The Morgan fingerprint density at radius 1 is 0.345 bits per heavy atom. The van der Waals surface area contributed by atoms with Gasteiger partial charge in [-0.05, 0) is 142 Å². The normalized spacial score (nSPS) is 12.3. The van der Waals surface area contributed by atoms with E-state index in [9.17, 15) is 85.1 Å². The first-order valence-corrected chi connectivity index (χ1v) is 36.2. The SMILES string of the molecule is Cn1c(=O)c(F)c(Nc2ccc(I)cc2F)c2c(=O)n(CC(O)CO)ccc21.Cn1c(=O)c(F)c(Nc2ccc(I)cc2F)c2c(=O)n(C[C@@H](O)CO)ccc21.Cn1c(=O)cc(Nc2ccc(Br)cc2F)c2c(=O)n(C[C@@H](O)CO)ccc21.Cn1c(=O)cc(Nc2ccc(Br)cc2F)c2c(=O)n(C[C@H](O)CO)ccc21. The van der Waals surface area contributed by atoms with Crippen LogP contribution in [0.15, 0.2) is 181 Å². The van der Waals surface area contributed by atoms with E-state index in [0.29, 0.717) is 27.1 Å². The molecule has 0 bridgehead atoms. The van der Waals surface area contributed by atoms with E-state index in [1.54, 1.807) is 36.4 Å². The molecule has 0 fully saturated rings. The Kier molecular flexibility index (Phi) is 28.0. The standard InChI is InChI=1S/2C18H17BrFN3O4.2C18H16F2IN3O4/c2*1-22-15-4-5-23(8-11(25)9-24)18(27)17(15)14(7-16(22)26)21-13-3-2-10(19)6-12(13)20;2*1-23-13-4-5-24(7-10(26)8-25)17(27)14(13)16(15(20)18(23)28)22-12-3-2-9(21)6-11(12)19/h2*2-7,11,21,24-25H,8-9H2,1H3;2*2-6,10,22,25-26H,7-8H2,1H3/t2*11-;10-;/m101./s1. The fourth-order valence-electron chi connectivity index (χ4n) is 11.2. The van der Waals surface area contributed by atoms with Gasteiger partial charge in [-0.25, -0.2) is 17.6 Å². The van der Waals surface area contributed by atoms with E-state index in [1.807, 2.05) is 45.2 Å². The summed E-state index contributed by atoms with van der Waals surface area (Å²) in [6.45, 7) is -2.80. The molecule has 1 unspecified atom stereocenters. The van der Waals surface area contributed by atoms with Crippen LogP contribution in [-0.2, 0) is 54.4 Å². The molecule has 28 nitrogen and oxygen atoms in total. The quantitative estimate of drug-likeness (QED) is 0.0277. The van der Waals surface area contributed by atoms with E-state index in [2.05, 4.69) is 53.1 Å². The highest BCUT2D eigenvalue weighted by Crippen LogP contribution is 2.32. The number of hydrogen-bond acceptors (Lipinski definition) is 20. The van der Waals surface area contributed by atoms with Gasteiger partial charge in [0.25, 0.3) is 44.5 Å². The largest absolute Gasteiger partial charge is 0.394 e. The van der Waals surface area contributed by atoms with Crippen LogP contribution >= 0.6 is 77.0 Å². The number of aryl methyl sites for hydroxylation is 4. The van der Waals surface area contributed by atoms with Crippen LogP contribution in [0.2, 0.25) is 0 Å². The van der Waals surface area contributed by atoms with Gasteiger partial charge in [-0.2, -0.15) is 8.78 Å². The minimum Gasteiger partial charge on any atom is -0.394 e. The summed E-state index contributed by atoms with van der Waals surface area (Å²) in [6, 6.07) is 25.5. The van der Waals surface area contributed by atoms with Crippen LogP contribution in [0.3, 0.4) is 0 Å². The number of benzene rings is 4. The number of hydrogen-bond donors (Lipinski definition) is 12. The summed E-state index contributed by atoms with van der Waals surface area (Å²) in [5, 5.41) is 85.2. The second-order valence-electron chi connectivity index (χ2n) is 24.5. The number of halogens is 10. The third kappa shape index (κ3) is 18.9. The van der Waals surface area contributed by atoms with Crippen LogP contribution in [-0.4, -0.2) is 128 Å². The topological polar surface area (TPSA) is 386 Å². The number of aliphatic hydroxyl groups is 8.